The molecule has 0 N–H and O–H groups in total. The first kappa shape index (κ1) is 49.8. The summed E-state index contributed by atoms with van der Waals surface area (Å²) in [7, 11) is 0. The number of nitrogens with zero attached hydrogens (tertiary/aromatic N) is 3. The highest BCUT2D eigenvalue weighted by molar-refractivity contribution is 6.11. The summed E-state index contributed by atoms with van der Waals surface area (Å²) in [5, 5.41) is 3.65. The molecule has 0 bridgehead atoms. The third-order valence-electron chi connectivity index (χ3n) is 14.9. The quantitative estimate of drug-likeness (QED) is 0.0781. The predicted molar refractivity (Wildman–Crippen MR) is 334 cm³/mol. The van der Waals surface area contributed by atoms with E-state index in [4.69, 9.17) is 0 Å². The van der Waals surface area contributed by atoms with Crippen LogP contribution >= 0.6 is 0 Å². The first-order valence-electron chi connectivity index (χ1n) is 26.8. The summed E-state index contributed by atoms with van der Waals surface area (Å²) in [4.78, 5) is 2.44. The van der Waals surface area contributed by atoms with Crippen LogP contribution < -0.4 is 4.90 Å². The van der Waals surface area contributed by atoms with Crippen molar-refractivity contribution in [3.05, 3.63) is 313 Å². The standard InChI is InChI=1S/C74H63N3/c1-6-21-56(22-7-2)49-60-42-47-73-74(66(10-5)70(77(73)63-28-18-13-19-29-63)30-20-23-55-33-31-53(8-3)32-34-55)67(60)51-57-35-38-58(39-36-57)59-40-43-64(44-41-59)75(61-24-14-11-15-25-61)65-45-48-72-69(52-65)68-50-54(9-4)37-46-71(68)76(72)62-26-16-12-17-27-62/h6-14,16-22,24,26-48,50,52H,1,3-5,15,23,25,49,51H2,2H3/b22-7-,30-20-,56-21+. The van der Waals surface area contributed by atoms with E-state index < -0.39 is 0 Å². The van der Waals surface area contributed by atoms with Crippen LogP contribution in [0.2, 0.25) is 0 Å². The molecule has 0 fully saturated rings. The van der Waals surface area contributed by atoms with Crippen LogP contribution in [0.15, 0.2) is 268 Å². The minimum Gasteiger partial charge on any atom is -0.314 e. The van der Waals surface area contributed by atoms with Gasteiger partial charge in [0.15, 0.2) is 0 Å². The van der Waals surface area contributed by atoms with Gasteiger partial charge in [-0.15, -0.1) is 0 Å². The van der Waals surface area contributed by atoms with Crippen molar-refractivity contribution in [2.75, 3.05) is 4.90 Å². The molecule has 0 saturated carbocycles. The molecular weight excluding hydrogens is 931 g/mol. The molecule has 3 heteroatoms. The van der Waals surface area contributed by atoms with Crippen molar-refractivity contribution in [3.63, 3.8) is 0 Å². The highest BCUT2D eigenvalue weighted by atomic mass is 15.1. The van der Waals surface area contributed by atoms with Gasteiger partial charge in [-0.3, -0.25) is 0 Å². The molecule has 0 saturated heterocycles. The molecule has 1 aliphatic carbocycles. The highest BCUT2D eigenvalue weighted by Crippen LogP contribution is 2.41. The molecule has 374 valence electrons. The molecule has 2 heterocycles. The number of allylic oxidation sites excluding steroid dienone is 10. The van der Waals surface area contributed by atoms with Crippen LogP contribution in [0.4, 0.5) is 11.4 Å². The Balaban J connectivity index is 0.954. The van der Waals surface area contributed by atoms with E-state index in [0.29, 0.717) is 0 Å². The Morgan fingerprint density at radius 1 is 0.597 bits per heavy atom. The third-order valence-corrected chi connectivity index (χ3v) is 14.9. The third kappa shape index (κ3) is 10.1. The van der Waals surface area contributed by atoms with Gasteiger partial charge in [0.05, 0.1) is 22.2 Å². The van der Waals surface area contributed by atoms with Crippen LogP contribution in [-0.2, 0) is 19.3 Å². The number of anilines is 2. The Morgan fingerprint density at radius 2 is 1.22 bits per heavy atom. The van der Waals surface area contributed by atoms with E-state index in [0.717, 1.165) is 82.8 Å². The van der Waals surface area contributed by atoms with Crippen LogP contribution in [0.1, 0.15) is 64.4 Å². The van der Waals surface area contributed by atoms with Gasteiger partial charge in [0.1, 0.15) is 0 Å². The average Bonchev–Trinajstić information content (AvgIpc) is 4.05. The summed E-state index contributed by atoms with van der Waals surface area (Å²) in [5.41, 5.74) is 22.4. The summed E-state index contributed by atoms with van der Waals surface area (Å²) < 4.78 is 4.78. The number of hydrogen-bond acceptors (Lipinski definition) is 1. The Morgan fingerprint density at radius 3 is 1.87 bits per heavy atom. The lowest BCUT2D eigenvalue weighted by Gasteiger charge is -2.29. The van der Waals surface area contributed by atoms with E-state index in [1.165, 1.54) is 71.8 Å². The second-order valence-electron chi connectivity index (χ2n) is 19.7. The zero-order valence-electron chi connectivity index (χ0n) is 44.0. The number of rotatable bonds is 18. The lowest BCUT2D eigenvalue weighted by Crippen LogP contribution is -2.17. The van der Waals surface area contributed by atoms with Crippen molar-refractivity contribution >= 4 is 68.4 Å². The Labute approximate surface area is 454 Å². The molecule has 0 atom stereocenters. The maximum Gasteiger partial charge on any atom is 0.0544 e. The van der Waals surface area contributed by atoms with Crippen LogP contribution in [-0.4, -0.2) is 9.13 Å². The molecule has 0 amide bonds. The topological polar surface area (TPSA) is 13.1 Å². The van der Waals surface area contributed by atoms with Gasteiger partial charge in [0.25, 0.3) is 0 Å². The van der Waals surface area contributed by atoms with E-state index in [-0.39, 0.29) is 0 Å². The summed E-state index contributed by atoms with van der Waals surface area (Å²) >= 11 is 0. The van der Waals surface area contributed by atoms with E-state index in [9.17, 15) is 0 Å². The Hall–Kier alpha value is -9.44. The molecule has 11 rings (SSSR count). The van der Waals surface area contributed by atoms with E-state index in [1.54, 1.807) is 0 Å². The van der Waals surface area contributed by atoms with E-state index in [1.807, 2.05) is 18.2 Å². The molecule has 77 heavy (non-hydrogen) atoms. The van der Waals surface area contributed by atoms with Crippen molar-refractivity contribution in [2.45, 2.75) is 39.0 Å². The molecule has 0 aliphatic heterocycles. The first-order valence-corrected chi connectivity index (χ1v) is 26.8. The normalized spacial score (nSPS) is 12.7. The predicted octanol–water partition coefficient (Wildman–Crippen LogP) is 19.8. The first-order chi connectivity index (χ1) is 38.0. The zero-order chi connectivity index (χ0) is 52.7. The minimum atomic E-state index is 0.753. The van der Waals surface area contributed by atoms with Crippen LogP contribution in [0, 0.1) is 0 Å². The largest absolute Gasteiger partial charge is 0.314 e. The maximum atomic E-state index is 4.47. The van der Waals surface area contributed by atoms with Crippen molar-refractivity contribution in [3.8, 4) is 22.5 Å². The van der Waals surface area contributed by atoms with Crippen LogP contribution in [0.5, 0.6) is 0 Å². The van der Waals surface area contributed by atoms with Gasteiger partial charge in [0, 0.05) is 50.2 Å². The lowest BCUT2D eigenvalue weighted by molar-refractivity contribution is 0.918. The van der Waals surface area contributed by atoms with Gasteiger partial charge in [0.2, 0.25) is 0 Å². The summed E-state index contributed by atoms with van der Waals surface area (Å²) in [6, 6.07) is 66.5. The highest BCUT2D eigenvalue weighted by Gasteiger charge is 2.23. The fraction of sp³-hybridized carbons (Fsp3) is 0.0811. The van der Waals surface area contributed by atoms with Crippen molar-refractivity contribution in [2.24, 2.45) is 0 Å². The van der Waals surface area contributed by atoms with Crippen molar-refractivity contribution < 1.29 is 0 Å². The van der Waals surface area contributed by atoms with Crippen molar-refractivity contribution in [1.29, 1.82) is 0 Å². The number of fused-ring (bicyclic) bond motifs is 4. The smallest absolute Gasteiger partial charge is 0.0544 e. The van der Waals surface area contributed by atoms with Crippen LogP contribution in [0.25, 0.3) is 79.5 Å². The minimum absolute atomic E-state index is 0.753. The maximum absolute atomic E-state index is 4.47. The molecular formula is C74H63N3. The van der Waals surface area contributed by atoms with Crippen molar-refractivity contribution in [1.82, 2.24) is 9.13 Å². The molecule has 0 unspecified atom stereocenters. The summed E-state index contributed by atoms with van der Waals surface area (Å²) in [5.74, 6) is 0. The monoisotopic (exact) mass is 994 g/mol. The summed E-state index contributed by atoms with van der Waals surface area (Å²) in [6.07, 6.45) is 29.8. The zero-order valence-corrected chi connectivity index (χ0v) is 44.0. The average molecular weight is 994 g/mol. The number of hydrogen-bond donors (Lipinski definition) is 0. The molecule has 8 aromatic carbocycles. The second-order valence-corrected chi connectivity index (χ2v) is 19.7. The molecule has 1 aliphatic rings. The molecule has 0 radical (unpaired) electrons. The Kier molecular flexibility index (Phi) is 14.6. The SMILES string of the molecule is C=C/C=C(\C=C/C)Cc1ccc2c(c(C=C)c(/C=C\Cc3ccc(C=C)cc3)n2-c2ccccc2)c1Cc1ccc(-c2ccc(N(C3=CC=CCC3)c3ccc4c(c3)c3cc(C=C)ccc3n4-c3ccccc3)cc2)cc1. The molecule has 10 aromatic rings. The van der Waals surface area contributed by atoms with Gasteiger partial charge in [-0.2, -0.15) is 0 Å². The molecule has 2 aromatic heterocycles. The number of para-hydroxylation sites is 2. The summed E-state index contributed by atoms with van der Waals surface area (Å²) in [6.45, 7) is 18.7. The van der Waals surface area contributed by atoms with Gasteiger partial charge >= 0.3 is 0 Å². The molecule has 0 spiro atoms. The number of aromatic nitrogens is 2. The van der Waals surface area contributed by atoms with Gasteiger partial charge in [-0.05, 0) is 174 Å². The van der Waals surface area contributed by atoms with Gasteiger partial charge < -0.3 is 14.0 Å². The van der Waals surface area contributed by atoms with Gasteiger partial charge in [-0.1, -0.05) is 196 Å². The van der Waals surface area contributed by atoms with Gasteiger partial charge in [-0.25, -0.2) is 0 Å². The lowest BCUT2D eigenvalue weighted by atomic mass is 9.90. The van der Waals surface area contributed by atoms with E-state index >= 15 is 0 Å². The van der Waals surface area contributed by atoms with E-state index in [2.05, 4.69) is 284 Å². The molecule has 3 nitrogen and oxygen atoms in total. The fourth-order valence-corrected chi connectivity index (χ4v) is 11.2. The Bertz CT molecular complexity index is 3980. The number of benzene rings is 8. The fourth-order valence-electron chi connectivity index (χ4n) is 11.2. The van der Waals surface area contributed by atoms with Crippen LogP contribution in [0.3, 0.4) is 0 Å². The second kappa shape index (κ2) is 22.6.